The number of ether oxygens (including phenoxy) is 6. The zero-order valence-corrected chi connectivity index (χ0v) is 44.1. The van der Waals surface area contributed by atoms with Crippen LogP contribution in [0.3, 0.4) is 0 Å². The molecular weight excluding hydrogens is 1020 g/mol. The van der Waals surface area contributed by atoms with Crippen LogP contribution in [-0.2, 0) is 33.2 Å². The highest BCUT2D eigenvalue weighted by atomic mass is 16.8. The molecule has 3 saturated heterocycles. The van der Waals surface area contributed by atoms with Gasteiger partial charge in [0, 0.05) is 92.1 Å². The van der Waals surface area contributed by atoms with Gasteiger partial charge < -0.3 is 104 Å². The van der Waals surface area contributed by atoms with Crippen LogP contribution < -0.4 is 30.6 Å². The summed E-state index contributed by atoms with van der Waals surface area (Å²) < 4.78 is 42.2. The number of hydrogen-bond acceptors (Lipinski definition) is 21. The molecule has 7 rings (SSSR count). The zero-order valence-electron chi connectivity index (χ0n) is 44.1. The van der Waals surface area contributed by atoms with Gasteiger partial charge in [0.2, 0.25) is 11.3 Å². The first-order valence-electron chi connectivity index (χ1n) is 26.2. The molecular formula is C54H74N4O20. The van der Waals surface area contributed by atoms with E-state index < -0.39 is 118 Å². The van der Waals surface area contributed by atoms with E-state index in [9.17, 15) is 65.4 Å². The molecule has 4 heterocycles. The molecule has 430 valence electrons. The Bertz CT molecular complexity index is 2680. The molecule has 78 heavy (non-hydrogen) atoms. The minimum absolute atomic E-state index is 0.101. The number of nitrogens with zero attached hydrogens (tertiary/aromatic N) is 2. The van der Waals surface area contributed by atoms with Crippen LogP contribution in [0.5, 0.6) is 0 Å². The average Bonchev–Trinajstić information content (AvgIpc) is 3.43. The molecule has 2 aromatic rings. The molecule has 3 fully saturated rings. The fourth-order valence-corrected chi connectivity index (χ4v) is 9.80. The Morgan fingerprint density at radius 2 is 1.28 bits per heavy atom. The Morgan fingerprint density at radius 1 is 0.679 bits per heavy atom. The molecule has 2 aromatic carbocycles. The first-order chi connectivity index (χ1) is 37.3. The van der Waals surface area contributed by atoms with Crippen molar-refractivity contribution in [1.82, 2.24) is 15.2 Å². The quantitative estimate of drug-likeness (QED) is 0.0200. The van der Waals surface area contributed by atoms with Crippen molar-refractivity contribution in [3.8, 4) is 22.5 Å². The van der Waals surface area contributed by atoms with E-state index in [1.54, 1.807) is 12.1 Å². The van der Waals surface area contributed by atoms with Gasteiger partial charge in [0.25, 0.3) is 5.91 Å². The van der Waals surface area contributed by atoms with Gasteiger partial charge in [0.05, 0.1) is 38.0 Å². The van der Waals surface area contributed by atoms with Crippen LogP contribution in [0.2, 0.25) is 0 Å². The van der Waals surface area contributed by atoms with Crippen LogP contribution >= 0.6 is 0 Å². The average molecular weight is 1100 g/mol. The van der Waals surface area contributed by atoms with Gasteiger partial charge in [-0.3, -0.25) is 9.59 Å². The summed E-state index contributed by atoms with van der Waals surface area (Å²) >= 11 is 0. The summed E-state index contributed by atoms with van der Waals surface area (Å²) in [7, 11) is 7.65. The Balaban J connectivity index is 0.794. The van der Waals surface area contributed by atoms with Gasteiger partial charge in [-0.05, 0) is 48.7 Å². The Morgan fingerprint density at radius 3 is 1.94 bits per heavy atom. The number of carbonyl (C=O) groups excluding carboxylic acids is 3. The fraction of sp³-hybridized carbons (Fsp3) is 0.593. The zero-order chi connectivity index (χ0) is 56.4. The van der Waals surface area contributed by atoms with Crippen molar-refractivity contribution in [2.75, 3.05) is 72.6 Å². The van der Waals surface area contributed by atoms with Crippen LogP contribution in [0.4, 0.5) is 5.69 Å². The van der Waals surface area contributed by atoms with Gasteiger partial charge in [-0.2, -0.15) is 0 Å². The van der Waals surface area contributed by atoms with Gasteiger partial charge in [0.1, 0.15) is 86.5 Å². The fourth-order valence-electron chi connectivity index (χ4n) is 9.80. The topological polar surface area (TPSA) is 355 Å². The molecule has 1 aliphatic carbocycles. The number of aliphatic hydroxyl groups is 9. The largest absolute Gasteiger partial charge is 0.545 e. The van der Waals surface area contributed by atoms with Crippen LogP contribution in [-0.4, -0.2) is 217 Å². The highest BCUT2D eigenvalue weighted by molar-refractivity contribution is 6.09. The van der Waals surface area contributed by atoms with Crippen molar-refractivity contribution in [2.45, 2.75) is 137 Å². The lowest BCUT2D eigenvalue weighted by atomic mass is 9.89. The van der Waals surface area contributed by atoms with Crippen LogP contribution in [0, 0.1) is 0 Å². The summed E-state index contributed by atoms with van der Waals surface area (Å²) in [6.07, 6.45) is -16.7. The third-order valence-electron chi connectivity index (χ3n) is 14.2. The van der Waals surface area contributed by atoms with Gasteiger partial charge in [-0.25, -0.2) is 4.58 Å². The van der Waals surface area contributed by atoms with E-state index in [0.29, 0.717) is 46.3 Å². The maximum absolute atomic E-state index is 13.2. The molecule has 2 amide bonds. The van der Waals surface area contributed by atoms with Gasteiger partial charge >= 0.3 is 0 Å². The number of amides is 2. The molecule has 14 atom stereocenters. The lowest BCUT2D eigenvalue weighted by Crippen LogP contribution is -2.65. The third kappa shape index (κ3) is 14.4. The molecule has 24 nitrogen and oxygen atoms in total. The smallest absolute Gasteiger partial charge is 0.251 e. The molecule has 0 radical (unpaired) electrons. The number of carboxylic acids is 1. The van der Waals surface area contributed by atoms with Crippen molar-refractivity contribution in [1.29, 1.82) is 0 Å². The van der Waals surface area contributed by atoms with Gasteiger partial charge in [-0.15, -0.1) is 0 Å². The number of unbranched alkanes of at least 4 members (excludes halogenated alkanes) is 5. The highest BCUT2D eigenvalue weighted by Gasteiger charge is 2.52. The summed E-state index contributed by atoms with van der Waals surface area (Å²) in [6.45, 7) is -1.71. The molecule has 0 aromatic heterocycles. The summed E-state index contributed by atoms with van der Waals surface area (Å²) in [5, 5.41) is 114. The molecule has 24 heteroatoms. The van der Waals surface area contributed by atoms with E-state index in [-0.39, 0.29) is 49.6 Å². The number of benzene rings is 3. The molecule has 0 spiro atoms. The predicted molar refractivity (Wildman–Crippen MR) is 275 cm³/mol. The Kier molecular flexibility index (Phi) is 21.5. The number of fused-ring (bicyclic) bond motifs is 2. The number of aromatic carboxylic acids is 1. The van der Waals surface area contributed by atoms with Gasteiger partial charge in [-0.1, -0.05) is 31.7 Å². The van der Waals surface area contributed by atoms with E-state index >= 15 is 0 Å². The number of carbonyl (C=O) groups is 3. The predicted octanol–water partition coefficient (Wildman–Crippen LogP) is -2.26. The van der Waals surface area contributed by atoms with Crippen molar-refractivity contribution in [3.63, 3.8) is 0 Å². The number of hydrogen-bond donors (Lipinski definition) is 11. The lowest BCUT2D eigenvalue weighted by molar-refractivity contribution is -0.375. The van der Waals surface area contributed by atoms with Crippen molar-refractivity contribution < 1.29 is 98.3 Å². The van der Waals surface area contributed by atoms with E-state index in [4.69, 9.17) is 32.8 Å². The summed E-state index contributed by atoms with van der Waals surface area (Å²) in [4.78, 5) is 40.4. The van der Waals surface area contributed by atoms with E-state index in [1.807, 2.05) is 74.1 Å². The van der Waals surface area contributed by atoms with Crippen molar-refractivity contribution in [3.05, 3.63) is 71.1 Å². The maximum atomic E-state index is 13.2. The Hall–Kier alpha value is -5.26. The normalized spacial score (nSPS) is 28.4. The molecule has 0 unspecified atom stereocenters. The first kappa shape index (κ1) is 60.4. The second-order valence-corrected chi connectivity index (χ2v) is 20.2. The second kappa shape index (κ2) is 27.8. The highest BCUT2D eigenvalue weighted by Crippen LogP contribution is 2.42. The maximum Gasteiger partial charge on any atom is 0.251 e. The summed E-state index contributed by atoms with van der Waals surface area (Å²) in [6, 6.07) is 15.8. The minimum Gasteiger partial charge on any atom is -0.545 e. The lowest BCUT2D eigenvalue weighted by Gasteiger charge is -2.47. The molecule has 5 aliphatic rings. The monoisotopic (exact) mass is 1100 g/mol. The standard InChI is InChI=1S/C54H74N4O20/c1-57(2)29-13-16-32-37(22-29)73-38-23-30(58(3)4)14-17-33(38)43(32)31-15-12-28(21-34(31)51(70)71)50(69)56-19-18-55-42(64)11-9-7-5-6-8-10-20-72-53-46(67)44(65)49(40(26-60)75-53)78-54-47(68)45(66)48(41(27-61)76-54)77-52-36(63)24-35(62)39(25-59)74-52/h12-17,21-23,35-36,39-41,44-49,52-54,59-63,65-68H,5-11,18-20,24-27H2,1-4H3,(H2-,55,56,64,69,70,71)/t35-,36-,39-,40-,41-,44-,45-,46-,47-,48+,49-,52-,53-,54+/m1/s1. The van der Waals surface area contributed by atoms with E-state index in [1.165, 1.54) is 6.07 Å². The minimum atomic E-state index is -1.88. The molecule has 0 saturated carbocycles. The number of aliphatic hydroxyl groups excluding tert-OH is 9. The first-order valence-corrected chi connectivity index (χ1v) is 26.2. The summed E-state index contributed by atoms with van der Waals surface area (Å²) in [5.74, 6) is -1.61. The molecule has 0 bridgehead atoms. The third-order valence-corrected chi connectivity index (χ3v) is 14.2. The SMILES string of the molecule is CN(C)c1ccc2c(-c3ccc(C(=O)NCCNC(=O)CCCCCCCCO[C@@H]4O[C@H](CO)[C@@H](O[C@@H]5O[C@H](CO)[C@H](O[C@H]6O[C@H](CO)[C@H](O)C[C@H]6O)[C@H](O)[C@H]5O)[C@H](O)[C@H]4O)cc3C(=O)[O-])c3ccc(=[N+](C)C)cc-3oc2c1. The van der Waals surface area contributed by atoms with Crippen LogP contribution in [0.25, 0.3) is 33.4 Å². The molecule has 11 N–H and O–H groups in total. The molecule has 4 aliphatic heterocycles. The Labute approximate surface area is 450 Å². The summed E-state index contributed by atoms with van der Waals surface area (Å²) in [5.41, 5.74) is 3.06. The van der Waals surface area contributed by atoms with E-state index in [0.717, 1.165) is 36.7 Å². The van der Waals surface area contributed by atoms with Crippen LogP contribution in [0.15, 0.2) is 59.0 Å². The van der Waals surface area contributed by atoms with E-state index in [2.05, 4.69) is 10.6 Å². The van der Waals surface area contributed by atoms with Gasteiger partial charge in [0.15, 0.2) is 18.9 Å². The van der Waals surface area contributed by atoms with Crippen molar-refractivity contribution in [2.24, 2.45) is 0 Å². The number of anilines is 1. The number of carboxylic acid groups (broad SMARTS) is 1. The van der Waals surface area contributed by atoms with Crippen LogP contribution in [0.1, 0.15) is 72.1 Å². The second-order valence-electron chi connectivity index (χ2n) is 20.2. The number of rotatable bonds is 24. The van der Waals surface area contributed by atoms with Crippen molar-refractivity contribution >= 4 is 34.4 Å². The number of nitrogens with one attached hydrogen (secondary N) is 2.